The number of ether oxygens (including phenoxy) is 2. The molecule has 1 heterocycles. The molecule has 0 aliphatic carbocycles. The molecule has 1 saturated heterocycles. The Morgan fingerprint density at radius 2 is 2.20 bits per heavy atom. The zero-order chi connectivity index (χ0) is 14.5. The number of nitrogens with zero attached hydrogens (tertiary/aromatic N) is 1. The number of methoxy groups -OCH3 is 1. The average Bonchev–Trinajstić information content (AvgIpc) is 2.86. The van der Waals surface area contributed by atoms with E-state index in [4.69, 9.17) is 21.7 Å². The lowest BCUT2D eigenvalue weighted by Gasteiger charge is -2.13. The zero-order valence-corrected chi connectivity index (χ0v) is 12.2. The predicted octanol–water partition coefficient (Wildman–Crippen LogP) is 1.11. The molecule has 1 atom stereocenters. The van der Waals surface area contributed by atoms with Crippen molar-refractivity contribution in [1.82, 2.24) is 10.6 Å². The van der Waals surface area contributed by atoms with E-state index in [1.54, 1.807) is 19.1 Å². The van der Waals surface area contributed by atoms with Gasteiger partial charge in [-0.2, -0.15) is 0 Å². The maximum absolute atomic E-state index is 11.9. The van der Waals surface area contributed by atoms with Crippen molar-refractivity contribution in [3.05, 3.63) is 24.3 Å². The van der Waals surface area contributed by atoms with Gasteiger partial charge in [-0.25, -0.2) is 4.79 Å². The van der Waals surface area contributed by atoms with Gasteiger partial charge in [-0.3, -0.25) is 4.90 Å². The third-order valence-corrected chi connectivity index (χ3v) is 3.32. The molecule has 0 aromatic heterocycles. The van der Waals surface area contributed by atoms with E-state index >= 15 is 0 Å². The van der Waals surface area contributed by atoms with E-state index in [-0.39, 0.29) is 12.2 Å². The van der Waals surface area contributed by atoms with Gasteiger partial charge in [0.15, 0.2) is 5.11 Å². The van der Waals surface area contributed by atoms with Crippen LogP contribution in [0.1, 0.15) is 0 Å². The van der Waals surface area contributed by atoms with Crippen molar-refractivity contribution in [2.45, 2.75) is 6.10 Å². The summed E-state index contributed by atoms with van der Waals surface area (Å²) >= 11 is 4.98. The van der Waals surface area contributed by atoms with E-state index in [2.05, 4.69) is 10.6 Å². The summed E-state index contributed by atoms with van der Waals surface area (Å²) in [5.41, 5.74) is 0.787. The van der Waals surface area contributed by atoms with Gasteiger partial charge in [0.1, 0.15) is 11.9 Å². The topological polar surface area (TPSA) is 62.8 Å². The number of hydrogen-bond donors (Lipinski definition) is 2. The maximum Gasteiger partial charge on any atom is 0.414 e. The second kappa shape index (κ2) is 6.42. The number of carbonyl (C=O) groups excluding carboxylic acids is 1. The van der Waals surface area contributed by atoms with Gasteiger partial charge in [-0.05, 0) is 36.5 Å². The molecule has 0 bridgehead atoms. The lowest BCUT2D eigenvalue weighted by atomic mass is 10.2. The van der Waals surface area contributed by atoms with Crippen LogP contribution in [0, 0.1) is 0 Å². The number of thiocarbonyl (C=S) groups is 1. The number of benzene rings is 1. The van der Waals surface area contributed by atoms with Gasteiger partial charge in [-0.15, -0.1) is 0 Å². The first-order valence-corrected chi connectivity index (χ1v) is 6.62. The summed E-state index contributed by atoms with van der Waals surface area (Å²) < 4.78 is 10.4. The van der Waals surface area contributed by atoms with Gasteiger partial charge in [0.05, 0.1) is 20.2 Å². The van der Waals surface area contributed by atoms with Crippen molar-refractivity contribution in [3.8, 4) is 5.75 Å². The fourth-order valence-corrected chi connectivity index (χ4v) is 1.98. The Kier molecular flexibility index (Phi) is 4.62. The molecule has 0 saturated carbocycles. The van der Waals surface area contributed by atoms with Crippen LogP contribution in [-0.4, -0.2) is 44.6 Å². The van der Waals surface area contributed by atoms with Gasteiger partial charge in [-0.1, -0.05) is 0 Å². The molecule has 2 N–H and O–H groups in total. The van der Waals surface area contributed by atoms with E-state index in [0.29, 0.717) is 18.2 Å². The van der Waals surface area contributed by atoms with Crippen molar-refractivity contribution in [2.24, 2.45) is 0 Å². The minimum absolute atomic E-state index is 0.226. The first-order chi connectivity index (χ1) is 9.63. The fourth-order valence-electron chi connectivity index (χ4n) is 1.90. The van der Waals surface area contributed by atoms with Crippen LogP contribution in [0.4, 0.5) is 10.5 Å². The van der Waals surface area contributed by atoms with Crippen LogP contribution in [0.5, 0.6) is 5.75 Å². The maximum atomic E-state index is 11.9. The number of anilines is 1. The summed E-state index contributed by atoms with van der Waals surface area (Å²) in [5.74, 6) is 0.749. The highest BCUT2D eigenvalue weighted by Gasteiger charge is 2.32. The largest absolute Gasteiger partial charge is 0.497 e. The van der Waals surface area contributed by atoms with Gasteiger partial charge >= 0.3 is 6.09 Å². The van der Waals surface area contributed by atoms with Crippen LogP contribution < -0.4 is 20.3 Å². The predicted molar refractivity (Wildman–Crippen MR) is 80.3 cm³/mol. The summed E-state index contributed by atoms with van der Waals surface area (Å²) in [6, 6.07) is 7.27. The lowest BCUT2D eigenvalue weighted by molar-refractivity contribution is 0.143. The monoisotopic (exact) mass is 295 g/mol. The van der Waals surface area contributed by atoms with E-state index in [1.165, 1.54) is 0 Å². The third kappa shape index (κ3) is 3.30. The molecule has 1 aromatic carbocycles. The van der Waals surface area contributed by atoms with Crippen LogP contribution in [0.3, 0.4) is 0 Å². The Morgan fingerprint density at radius 3 is 2.80 bits per heavy atom. The van der Waals surface area contributed by atoms with Gasteiger partial charge in [0.2, 0.25) is 0 Å². The highest BCUT2D eigenvalue weighted by atomic mass is 32.1. The molecular weight excluding hydrogens is 278 g/mol. The van der Waals surface area contributed by atoms with E-state index in [1.807, 2.05) is 24.3 Å². The van der Waals surface area contributed by atoms with Crippen LogP contribution >= 0.6 is 12.2 Å². The first kappa shape index (κ1) is 14.4. The first-order valence-electron chi connectivity index (χ1n) is 6.22. The quantitative estimate of drug-likeness (QED) is 0.812. The Balaban J connectivity index is 1.96. The van der Waals surface area contributed by atoms with Crippen LogP contribution in [0.15, 0.2) is 24.3 Å². The molecule has 0 spiro atoms. The molecular formula is C13H17N3O3S. The Morgan fingerprint density at radius 1 is 1.50 bits per heavy atom. The molecule has 6 nitrogen and oxygen atoms in total. The summed E-state index contributed by atoms with van der Waals surface area (Å²) in [6.45, 7) is 0.975. The summed E-state index contributed by atoms with van der Waals surface area (Å²) in [7, 11) is 3.34. The molecule has 1 amide bonds. The second-order valence-corrected chi connectivity index (χ2v) is 4.68. The van der Waals surface area contributed by atoms with Crippen molar-refractivity contribution < 1.29 is 14.3 Å². The van der Waals surface area contributed by atoms with Gasteiger partial charge in [0.25, 0.3) is 0 Å². The Bertz CT molecular complexity index is 492. The minimum atomic E-state index is -0.350. The molecule has 0 unspecified atom stereocenters. The van der Waals surface area contributed by atoms with Crippen molar-refractivity contribution in [1.29, 1.82) is 0 Å². The highest BCUT2D eigenvalue weighted by Crippen LogP contribution is 2.23. The molecule has 7 heteroatoms. The van der Waals surface area contributed by atoms with Crippen molar-refractivity contribution in [3.63, 3.8) is 0 Å². The summed E-state index contributed by atoms with van der Waals surface area (Å²) in [4.78, 5) is 13.4. The van der Waals surface area contributed by atoms with Crippen LogP contribution in [0.25, 0.3) is 0 Å². The van der Waals surface area contributed by atoms with Gasteiger partial charge in [0, 0.05) is 12.7 Å². The number of carbonyl (C=O) groups is 1. The van der Waals surface area contributed by atoms with Crippen molar-refractivity contribution >= 4 is 29.1 Å². The molecule has 1 fully saturated rings. The molecule has 2 rings (SSSR count). The van der Waals surface area contributed by atoms with E-state index in [0.717, 1.165) is 11.4 Å². The molecule has 20 heavy (non-hydrogen) atoms. The average molecular weight is 295 g/mol. The van der Waals surface area contributed by atoms with Gasteiger partial charge < -0.3 is 20.1 Å². The third-order valence-electron chi connectivity index (χ3n) is 2.98. The Hall–Kier alpha value is -2.02. The number of amides is 1. The minimum Gasteiger partial charge on any atom is -0.497 e. The van der Waals surface area contributed by atoms with E-state index < -0.39 is 0 Å². The smallest absolute Gasteiger partial charge is 0.414 e. The molecule has 0 radical (unpaired) electrons. The summed E-state index contributed by atoms with van der Waals surface area (Å²) in [5, 5.41) is 6.32. The highest BCUT2D eigenvalue weighted by molar-refractivity contribution is 7.80. The number of nitrogens with one attached hydrogen (secondary N) is 2. The molecule has 1 aliphatic heterocycles. The number of rotatable bonds is 4. The Labute approximate surface area is 123 Å². The lowest BCUT2D eigenvalue weighted by Crippen LogP contribution is -2.39. The molecule has 1 aromatic rings. The molecule has 108 valence electrons. The van der Waals surface area contributed by atoms with E-state index in [9.17, 15) is 4.79 Å². The second-order valence-electron chi connectivity index (χ2n) is 4.27. The molecule has 1 aliphatic rings. The standard InChI is InChI=1S/C13H17N3O3S/c1-14-12(20)15-7-11-8-16(13(17)19-11)9-3-5-10(18-2)6-4-9/h3-6,11H,7-8H2,1-2H3,(H2,14,15,20)/t11-/m0/s1. The van der Waals surface area contributed by atoms with Crippen LogP contribution in [0.2, 0.25) is 0 Å². The zero-order valence-electron chi connectivity index (χ0n) is 11.4. The fraction of sp³-hybridized carbons (Fsp3) is 0.385. The van der Waals surface area contributed by atoms with Crippen LogP contribution in [-0.2, 0) is 4.74 Å². The normalized spacial score (nSPS) is 17.6. The number of cyclic esters (lactones) is 1. The summed E-state index contributed by atoms with van der Waals surface area (Å²) in [6.07, 6.45) is -0.576. The number of hydrogen-bond acceptors (Lipinski definition) is 4. The van der Waals surface area contributed by atoms with Crippen molar-refractivity contribution in [2.75, 3.05) is 32.1 Å². The SMILES string of the molecule is CNC(=S)NC[C@H]1CN(c2ccc(OC)cc2)C(=O)O1.